The highest BCUT2D eigenvalue weighted by Crippen LogP contribution is 2.09. The number of nitrogens with zero attached hydrogens (tertiary/aromatic N) is 4. The molecule has 110 valence electrons. The summed E-state index contributed by atoms with van der Waals surface area (Å²) < 4.78 is 1.69. The van der Waals surface area contributed by atoms with Crippen molar-refractivity contribution < 1.29 is 4.79 Å². The fourth-order valence-electron chi connectivity index (χ4n) is 1.93. The minimum Gasteiger partial charge on any atom is -0.393 e. The van der Waals surface area contributed by atoms with Gasteiger partial charge < -0.3 is 15.2 Å². The van der Waals surface area contributed by atoms with Crippen LogP contribution in [0.3, 0.4) is 0 Å². The summed E-state index contributed by atoms with van der Waals surface area (Å²) in [6, 6.07) is 3.77. The number of pyridine rings is 1. The lowest BCUT2D eigenvalue weighted by Gasteiger charge is -2.22. The van der Waals surface area contributed by atoms with Gasteiger partial charge in [-0.2, -0.15) is 0 Å². The number of hydrogen-bond acceptors (Lipinski definition) is 4. The van der Waals surface area contributed by atoms with E-state index in [9.17, 15) is 4.79 Å². The van der Waals surface area contributed by atoms with E-state index in [4.69, 9.17) is 18.0 Å². The standard InChI is InChI=1S/C14H17N5OS/c1-18-10-17-8-12(18)14(20)19(6-4-13(15)21)9-11-3-2-5-16-7-11/h2-3,5,7-8,10H,4,6,9H2,1H3,(H2,15,21). The van der Waals surface area contributed by atoms with Gasteiger partial charge >= 0.3 is 0 Å². The summed E-state index contributed by atoms with van der Waals surface area (Å²) in [6.45, 7) is 0.925. The van der Waals surface area contributed by atoms with Crippen LogP contribution in [0.4, 0.5) is 0 Å². The molecule has 2 aromatic rings. The molecule has 0 radical (unpaired) electrons. The number of carbonyl (C=O) groups excluding carboxylic acids is 1. The van der Waals surface area contributed by atoms with Crippen molar-refractivity contribution in [2.75, 3.05) is 6.54 Å². The molecular weight excluding hydrogens is 286 g/mol. The number of amides is 1. The maximum absolute atomic E-state index is 12.6. The summed E-state index contributed by atoms with van der Waals surface area (Å²) in [5, 5.41) is 0. The Morgan fingerprint density at radius 1 is 1.43 bits per heavy atom. The number of aryl methyl sites for hydroxylation is 1. The molecule has 0 aromatic carbocycles. The first-order chi connectivity index (χ1) is 10.1. The van der Waals surface area contributed by atoms with Gasteiger partial charge in [-0.15, -0.1) is 0 Å². The van der Waals surface area contributed by atoms with E-state index in [2.05, 4.69) is 9.97 Å². The summed E-state index contributed by atoms with van der Waals surface area (Å²) >= 11 is 4.90. The molecule has 0 atom stereocenters. The highest BCUT2D eigenvalue weighted by atomic mass is 32.1. The Labute approximate surface area is 128 Å². The quantitative estimate of drug-likeness (QED) is 0.810. The number of thiocarbonyl (C=S) groups is 1. The van der Waals surface area contributed by atoms with E-state index in [0.29, 0.717) is 30.2 Å². The van der Waals surface area contributed by atoms with Gasteiger partial charge in [0, 0.05) is 39.0 Å². The molecule has 0 aliphatic rings. The van der Waals surface area contributed by atoms with Gasteiger partial charge in [-0.25, -0.2) is 4.98 Å². The van der Waals surface area contributed by atoms with Crippen molar-refractivity contribution in [3.05, 3.63) is 48.3 Å². The molecule has 0 saturated heterocycles. The van der Waals surface area contributed by atoms with Gasteiger partial charge in [0.2, 0.25) is 0 Å². The fourth-order valence-corrected chi connectivity index (χ4v) is 2.03. The maximum atomic E-state index is 12.6. The molecule has 0 aliphatic carbocycles. The first kappa shape index (κ1) is 15.1. The Hall–Kier alpha value is -2.28. The van der Waals surface area contributed by atoms with Crippen LogP contribution in [0.25, 0.3) is 0 Å². The number of imidazole rings is 1. The van der Waals surface area contributed by atoms with E-state index in [0.717, 1.165) is 5.56 Å². The Morgan fingerprint density at radius 2 is 2.24 bits per heavy atom. The molecule has 7 heteroatoms. The van der Waals surface area contributed by atoms with E-state index < -0.39 is 0 Å². The normalized spacial score (nSPS) is 10.3. The van der Waals surface area contributed by atoms with Crippen LogP contribution in [-0.2, 0) is 13.6 Å². The highest BCUT2D eigenvalue weighted by Gasteiger charge is 2.19. The lowest BCUT2D eigenvalue weighted by Crippen LogP contribution is -2.34. The zero-order valence-electron chi connectivity index (χ0n) is 11.8. The Bertz CT molecular complexity index is 625. The molecule has 2 N–H and O–H groups in total. The second kappa shape index (κ2) is 6.94. The smallest absolute Gasteiger partial charge is 0.272 e. The molecule has 2 heterocycles. The minimum absolute atomic E-state index is 0.102. The van der Waals surface area contributed by atoms with Crippen molar-refractivity contribution in [3.8, 4) is 0 Å². The van der Waals surface area contributed by atoms with Gasteiger partial charge in [0.15, 0.2) is 0 Å². The molecule has 0 aliphatic heterocycles. The first-order valence-electron chi connectivity index (χ1n) is 6.50. The molecular formula is C14H17N5OS. The van der Waals surface area contributed by atoms with E-state index in [1.165, 1.54) is 0 Å². The summed E-state index contributed by atoms with van der Waals surface area (Å²) in [7, 11) is 1.79. The summed E-state index contributed by atoms with van der Waals surface area (Å²) in [4.78, 5) is 22.7. The summed E-state index contributed by atoms with van der Waals surface area (Å²) in [5.41, 5.74) is 7.03. The monoisotopic (exact) mass is 303 g/mol. The van der Waals surface area contributed by atoms with Crippen molar-refractivity contribution in [2.45, 2.75) is 13.0 Å². The average molecular weight is 303 g/mol. The maximum Gasteiger partial charge on any atom is 0.272 e. The van der Waals surface area contributed by atoms with Crippen molar-refractivity contribution >= 4 is 23.1 Å². The van der Waals surface area contributed by atoms with Gasteiger partial charge in [-0.3, -0.25) is 9.78 Å². The third-order valence-electron chi connectivity index (χ3n) is 3.05. The van der Waals surface area contributed by atoms with Gasteiger partial charge in [0.1, 0.15) is 5.69 Å². The molecule has 0 saturated carbocycles. The number of carbonyl (C=O) groups is 1. The van der Waals surface area contributed by atoms with Crippen LogP contribution in [0, 0.1) is 0 Å². The number of hydrogen-bond donors (Lipinski definition) is 1. The number of nitrogens with two attached hydrogens (primary N) is 1. The third-order valence-corrected chi connectivity index (χ3v) is 3.25. The highest BCUT2D eigenvalue weighted by molar-refractivity contribution is 7.80. The Morgan fingerprint density at radius 3 is 2.81 bits per heavy atom. The molecule has 0 unspecified atom stereocenters. The van der Waals surface area contributed by atoms with Crippen LogP contribution >= 0.6 is 12.2 Å². The zero-order valence-corrected chi connectivity index (χ0v) is 12.6. The Balaban J connectivity index is 2.17. The average Bonchev–Trinajstić information content (AvgIpc) is 2.90. The second-order valence-corrected chi connectivity index (χ2v) is 5.22. The van der Waals surface area contributed by atoms with Crippen molar-refractivity contribution in [1.29, 1.82) is 0 Å². The van der Waals surface area contributed by atoms with Gasteiger partial charge in [-0.05, 0) is 11.6 Å². The predicted octanol–water partition coefficient (Wildman–Crippen LogP) is 1.13. The van der Waals surface area contributed by atoms with Crippen molar-refractivity contribution in [3.63, 3.8) is 0 Å². The molecule has 2 rings (SSSR count). The molecule has 0 fully saturated rings. The molecule has 0 bridgehead atoms. The van der Waals surface area contributed by atoms with Crippen LogP contribution in [0.1, 0.15) is 22.5 Å². The topological polar surface area (TPSA) is 77.0 Å². The van der Waals surface area contributed by atoms with Crippen LogP contribution in [0.5, 0.6) is 0 Å². The van der Waals surface area contributed by atoms with Crippen LogP contribution in [0.15, 0.2) is 37.1 Å². The second-order valence-electron chi connectivity index (χ2n) is 4.69. The first-order valence-corrected chi connectivity index (χ1v) is 6.91. The molecule has 0 spiro atoms. The molecule has 1 amide bonds. The van der Waals surface area contributed by atoms with Crippen LogP contribution in [0.2, 0.25) is 0 Å². The lowest BCUT2D eigenvalue weighted by molar-refractivity contribution is 0.0738. The Kier molecular flexibility index (Phi) is 4.99. The summed E-state index contributed by atoms with van der Waals surface area (Å²) in [6.07, 6.45) is 7.08. The SMILES string of the molecule is Cn1cncc1C(=O)N(CCC(N)=S)Cc1cccnc1. The van der Waals surface area contributed by atoms with Gasteiger partial charge in [0.05, 0.1) is 17.5 Å². The third kappa shape index (κ3) is 4.09. The summed E-state index contributed by atoms with van der Waals surface area (Å²) in [5.74, 6) is -0.102. The molecule has 2 aromatic heterocycles. The largest absolute Gasteiger partial charge is 0.393 e. The van der Waals surface area contributed by atoms with Gasteiger partial charge in [0.25, 0.3) is 5.91 Å². The van der Waals surface area contributed by atoms with E-state index in [1.54, 1.807) is 41.4 Å². The van der Waals surface area contributed by atoms with E-state index in [1.807, 2.05) is 12.1 Å². The van der Waals surface area contributed by atoms with Crippen LogP contribution in [-0.4, -0.2) is 36.9 Å². The number of aromatic nitrogens is 3. The molecule has 21 heavy (non-hydrogen) atoms. The minimum atomic E-state index is -0.102. The van der Waals surface area contributed by atoms with Gasteiger partial charge in [-0.1, -0.05) is 18.3 Å². The molecule has 6 nitrogen and oxygen atoms in total. The van der Waals surface area contributed by atoms with Crippen molar-refractivity contribution in [2.24, 2.45) is 12.8 Å². The lowest BCUT2D eigenvalue weighted by atomic mass is 10.2. The predicted molar refractivity (Wildman–Crippen MR) is 83.6 cm³/mol. The van der Waals surface area contributed by atoms with Crippen molar-refractivity contribution in [1.82, 2.24) is 19.4 Å². The number of rotatable bonds is 6. The zero-order chi connectivity index (χ0) is 15.2. The van der Waals surface area contributed by atoms with Crippen LogP contribution < -0.4 is 5.73 Å². The fraction of sp³-hybridized carbons (Fsp3) is 0.286. The van der Waals surface area contributed by atoms with E-state index >= 15 is 0 Å². The van der Waals surface area contributed by atoms with E-state index in [-0.39, 0.29) is 5.91 Å².